The molecule has 2 aromatic carbocycles. The molecular formula is C23H25NO2S. The lowest BCUT2D eigenvalue weighted by Gasteiger charge is -2.11. The van der Waals surface area contributed by atoms with Gasteiger partial charge in [-0.25, -0.2) is 0 Å². The Labute approximate surface area is 165 Å². The molecule has 1 aromatic heterocycles. The summed E-state index contributed by atoms with van der Waals surface area (Å²) in [5.74, 6) is 0.818. The van der Waals surface area contributed by atoms with Gasteiger partial charge in [0, 0.05) is 11.3 Å². The number of carbonyl (C=O) groups is 1. The number of ether oxygens (including phenoxy) is 1. The van der Waals surface area contributed by atoms with Crippen LogP contribution in [0.3, 0.4) is 0 Å². The Morgan fingerprint density at radius 1 is 1.04 bits per heavy atom. The second-order valence-corrected chi connectivity index (χ2v) is 7.73. The molecule has 3 nitrogen and oxygen atoms in total. The Bertz CT molecular complexity index is 942. The van der Waals surface area contributed by atoms with Gasteiger partial charge in [0.15, 0.2) is 0 Å². The molecule has 0 aliphatic rings. The molecule has 4 heteroatoms. The fourth-order valence-corrected chi connectivity index (χ4v) is 3.69. The van der Waals surface area contributed by atoms with E-state index in [9.17, 15) is 4.79 Å². The highest BCUT2D eigenvalue weighted by Gasteiger charge is 2.11. The molecule has 27 heavy (non-hydrogen) atoms. The first-order chi connectivity index (χ1) is 13.0. The predicted octanol–water partition coefficient (Wildman–Crippen LogP) is 6.07. The first-order valence-corrected chi connectivity index (χ1v) is 10.0. The van der Waals surface area contributed by atoms with E-state index in [1.165, 1.54) is 28.0 Å². The summed E-state index contributed by atoms with van der Waals surface area (Å²) >= 11 is 1.44. The van der Waals surface area contributed by atoms with Gasteiger partial charge in [0.25, 0.3) is 5.91 Å². The van der Waals surface area contributed by atoms with E-state index in [2.05, 4.69) is 45.1 Å². The fraction of sp³-hybridized carbons (Fsp3) is 0.261. The Morgan fingerprint density at radius 3 is 2.48 bits per heavy atom. The second-order valence-electron chi connectivity index (χ2n) is 6.82. The summed E-state index contributed by atoms with van der Waals surface area (Å²) in [7, 11) is 0. The summed E-state index contributed by atoms with van der Waals surface area (Å²) in [5.41, 5.74) is 6.64. The van der Waals surface area contributed by atoms with Crippen LogP contribution in [0.4, 0.5) is 5.69 Å². The molecule has 0 spiro atoms. The van der Waals surface area contributed by atoms with Gasteiger partial charge in [-0.2, -0.15) is 0 Å². The third-order valence-corrected chi connectivity index (χ3v) is 5.63. The minimum absolute atomic E-state index is 0.0851. The Balaban J connectivity index is 1.63. The predicted molar refractivity (Wildman–Crippen MR) is 113 cm³/mol. The third kappa shape index (κ3) is 4.77. The van der Waals surface area contributed by atoms with Crippen LogP contribution in [0.2, 0.25) is 0 Å². The Hall–Kier alpha value is -2.59. The van der Waals surface area contributed by atoms with Gasteiger partial charge < -0.3 is 10.1 Å². The highest BCUT2D eigenvalue weighted by Crippen LogP contribution is 2.25. The van der Waals surface area contributed by atoms with Crippen molar-refractivity contribution in [3.8, 4) is 5.75 Å². The lowest BCUT2D eigenvalue weighted by atomic mass is 10.1. The molecule has 0 saturated carbocycles. The topological polar surface area (TPSA) is 38.3 Å². The number of hydrogen-bond acceptors (Lipinski definition) is 3. The maximum Gasteiger partial charge on any atom is 0.265 e. The number of thiophene rings is 1. The molecule has 1 N–H and O–H groups in total. The van der Waals surface area contributed by atoms with E-state index in [0.717, 1.165) is 29.0 Å². The van der Waals surface area contributed by atoms with Crippen LogP contribution in [-0.2, 0) is 13.0 Å². The molecular weight excluding hydrogens is 354 g/mol. The van der Waals surface area contributed by atoms with Crippen molar-refractivity contribution in [3.63, 3.8) is 0 Å². The molecule has 1 heterocycles. The standard InChI is InChI=1S/C23H25NO2S/c1-5-18-6-8-20(9-7-18)24-23(25)22-12-19(14-27-22)13-26-21-11-15(2)10-16(3)17(21)4/h6-12,14H,5,13H2,1-4H3,(H,24,25). The van der Waals surface area contributed by atoms with Crippen molar-refractivity contribution in [1.29, 1.82) is 0 Å². The van der Waals surface area contributed by atoms with Crippen molar-refractivity contribution in [3.05, 3.63) is 80.5 Å². The van der Waals surface area contributed by atoms with Gasteiger partial charge in [0.05, 0.1) is 4.88 Å². The van der Waals surface area contributed by atoms with E-state index in [1.54, 1.807) is 0 Å². The summed E-state index contributed by atoms with van der Waals surface area (Å²) in [5, 5.41) is 4.93. The molecule has 140 valence electrons. The molecule has 0 fully saturated rings. The van der Waals surface area contributed by atoms with Crippen molar-refractivity contribution in [2.24, 2.45) is 0 Å². The fourth-order valence-electron chi connectivity index (χ4n) is 2.90. The van der Waals surface area contributed by atoms with Crippen molar-refractivity contribution in [2.45, 2.75) is 40.7 Å². The molecule has 0 bridgehead atoms. The van der Waals surface area contributed by atoms with Crippen LogP contribution in [0.1, 0.15) is 44.4 Å². The number of hydrogen-bond donors (Lipinski definition) is 1. The lowest BCUT2D eigenvalue weighted by molar-refractivity contribution is 0.103. The van der Waals surface area contributed by atoms with Crippen LogP contribution < -0.4 is 10.1 Å². The van der Waals surface area contributed by atoms with Gasteiger partial charge >= 0.3 is 0 Å². The highest BCUT2D eigenvalue weighted by atomic mass is 32.1. The van der Waals surface area contributed by atoms with Gasteiger partial charge in [-0.05, 0) is 79.1 Å². The van der Waals surface area contributed by atoms with Gasteiger partial charge in [-0.15, -0.1) is 11.3 Å². The minimum atomic E-state index is -0.0851. The third-order valence-electron chi connectivity index (χ3n) is 4.66. The first-order valence-electron chi connectivity index (χ1n) is 9.14. The molecule has 0 radical (unpaired) electrons. The van der Waals surface area contributed by atoms with E-state index in [4.69, 9.17) is 4.74 Å². The van der Waals surface area contributed by atoms with Gasteiger partial charge in [0.1, 0.15) is 12.4 Å². The quantitative estimate of drug-likeness (QED) is 0.565. The van der Waals surface area contributed by atoms with Crippen LogP contribution >= 0.6 is 11.3 Å². The van der Waals surface area contributed by atoms with Crippen LogP contribution in [0.15, 0.2) is 47.8 Å². The van der Waals surface area contributed by atoms with Crippen LogP contribution in [-0.4, -0.2) is 5.91 Å². The van der Waals surface area contributed by atoms with Gasteiger partial charge in [-0.1, -0.05) is 25.1 Å². The number of rotatable bonds is 6. The summed E-state index contributed by atoms with van der Waals surface area (Å²) in [6.45, 7) is 8.80. The molecule has 3 rings (SSSR count). The zero-order chi connectivity index (χ0) is 19.4. The molecule has 0 saturated heterocycles. The lowest BCUT2D eigenvalue weighted by Crippen LogP contribution is -2.10. The number of amides is 1. The number of anilines is 1. The Morgan fingerprint density at radius 2 is 1.78 bits per heavy atom. The summed E-state index contributed by atoms with van der Waals surface area (Å²) in [4.78, 5) is 13.1. The largest absolute Gasteiger partial charge is 0.489 e. The van der Waals surface area contributed by atoms with E-state index in [0.29, 0.717) is 11.5 Å². The molecule has 0 atom stereocenters. The maximum atomic E-state index is 12.5. The smallest absolute Gasteiger partial charge is 0.265 e. The zero-order valence-electron chi connectivity index (χ0n) is 16.3. The summed E-state index contributed by atoms with van der Waals surface area (Å²) < 4.78 is 6.00. The van der Waals surface area contributed by atoms with Crippen molar-refractivity contribution < 1.29 is 9.53 Å². The van der Waals surface area contributed by atoms with E-state index in [1.807, 2.05) is 35.7 Å². The van der Waals surface area contributed by atoms with E-state index >= 15 is 0 Å². The van der Waals surface area contributed by atoms with Gasteiger partial charge in [0.2, 0.25) is 0 Å². The van der Waals surface area contributed by atoms with Crippen molar-refractivity contribution in [1.82, 2.24) is 0 Å². The van der Waals surface area contributed by atoms with E-state index in [-0.39, 0.29) is 5.91 Å². The van der Waals surface area contributed by atoms with E-state index < -0.39 is 0 Å². The zero-order valence-corrected chi connectivity index (χ0v) is 17.1. The summed E-state index contributed by atoms with van der Waals surface area (Å²) in [6.07, 6.45) is 0.989. The Kier molecular flexibility index (Phi) is 5.97. The van der Waals surface area contributed by atoms with Crippen LogP contribution in [0.25, 0.3) is 0 Å². The van der Waals surface area contributed by atoms with Crippen molar-refractivity contribution in [2.75, 3.05) is 5.32 Å². The molecule has 3 aromatic rings. The summed E-state index contributed by atoms with van der Waals surface area (Å²) in [6, 6.07) is 14.1. The minimum Gasteiger partial charge on any atom is -0.489 e. The second kappa shape index (κ2) is 8.40. The monoisotopic (exact) mass is 379 g/mol. The van der Waals surface area contributed by atoms with Crippen LogP contribution in [0.5, 0.6) is 5.75 Å². The van der Waals surface area contributed by atoms with Gasteiger partial charge in [-0.3, -0.25) is 4.79 Å². The molecule has 0 unspecified atom stereocenters. The SMILES string of the molecule is CCc1ccc(NC(=O)c2cc(COc3cc(C)cc(C)c3C)cs2)cc1. The first kappa shape index (κ1) is 19.2. The number of benzene rings is 2. The average Bonchev–Trinajstić information content (AvgIpc) is 3.13. The maximum absolute atomic E-state index is 12.5. The van der Waals surface area contributed by atoms with Crippen molar-refractivity contribution >= 4 is 22.9 Å². The molecule has 1 amide bonds. The molecule has 0 aliphatic heterocycles. The molecule has 0 aliphatic carbocycles. The van der Waals surface area contributed by atoms with Crippen LogP contribution in [0, 0.1) is 20.8 Å². The highest BCUT2D eigenvalue weighted by molar-refractivity contribution is 7.12. The normalized spacial score (nSPS) is 10.7. The number of nitrogens with one attached hydrogen (secondary N) is 1. The average molecular weight is 380 g/mol. The number of carbonyl (C=O) groups excluding carboxylic acids is 1. The number of aryl methyl sites for hydroxylation is 3.